The fourth-order valence-electron chi connectivity index (χ4n) is 4.40. The summed E-state index contributed by atoms with van der Waals surface area (Å²) < 4.78 is 16.5. The molecular weight excluding hydrogens is 500 g/mol. The Bertz CT molecular complexity index is 947. The second kappa shape index (κ2) is 16.6. The van der Waals surface area contributed by atoms with Crippen LogP contribution in [-0.4, -0.2) is 93.2 Å². The minimum absolute atomic E-state index is 0.563. The van der Waals surface area contributed by atoms with Crippen LogP contribution in [0, 0.1) is 0 Å². The first-order valence-corrected chi connectivity index (χ1v) is 14.7. The normalized spacial score (nSPS) is 14.4. The van der Waals surface area contributed by atoms with Crippen molar-refractivity contribution in [1.82, 2.24) is 25.1 Å². The van der Waals surface area contributed by atoms with Crippen molar-refractivity contribution in [3.63, 3.8) is 0 Å². The van der Waals surface area contributed by atoms with E-state index >= 15 is 0 Å². The molecule has 3 rings (SSSR count). The van der Waals surface area contributed by atoms with Crippen molar-refractivity contribution < 1.29 is 14.2 Å². The van der Waals surface area contributed by atoms with Crippen molar-refractivity contribution in [2.45, 2.75) is 50.7 Å². The molecule has 0 saturated carbocycles. The molecule has 1 aliphatic rings. The van der Waals surface area contributed by atoms with E-state index in [9.17, 15) is 0 Å². The molecule has 1 aromatic heterocycles. The van der Waals surface area contributed by atoms with Crippen LogP contribution < -0.4 is 24.8 Å². The lowest BCUT2D eigenvalue weighted by Gasteiger charge is -2.32. The smallest absolute Gasteiger partial charge is 0.203 e. The fraction of sp³-hybridized carbons (Fsp3) is 0.643. The van der Waals surface area contributed by atoms with E-state index in [0.717, 1.165) is 73.8 Å². The lowest BCUT2D eigenvalue weighted by molar-refractivity contribution is 0.152. The zero-order valence-corrected chi connectivity index (χ0v) is 24.7. The first-order chi connectivity index (χ1) is 18.6. The number of aromatic nitrogens is 2. The van der Waals surface area contributed by atoms with Crippen LogP contribution in [0.4, 0.5) is 11.5 Å². The Labute approximate surface area is 233 Å². The Kier molecular flexibility index (Phi) is 13.3. The number of methoxy groups -OCH3 is 3. The number of hydrogen-bond donors (Lipinski definition) is 2. The maximum atomic E-state index is 5.52. The van der Waals surface area contributed by atoms with Gasteiger partial charge in [-0.3, -0.25) is 0 Å². The van der Waals surface area contributed by atoms with Gasteiger partial charge in [-0.2, -0.15) is 0 Å². The average Bonchev–Trinajstić information content (AvgIpc) is 2.93. The zero-order valence-electron chi connectivity index (χ0n) is 23.8. The van der Waals surface area contributed by atoms with Crippen LogP contribution in [0.5, 0.6) is 17.2 Å². The Balaban J connectivity index is 1.64. The summed E-state index contributed by atoms with van der Waals surface area (Å²) >= 11 is 1.72. The standard InChI is InChI=1S/C28H46N6O3S/c1-6-7-8-9-17-38-28-31-23(21-29-11-10-12-34-15-13-33(2)14-16-34)20-26(32-28)30-22-18-24(35-3)27(37-5)25(19-22)36-4/h18-20,29H,6-17,21H2,1-5H3,(H,30,31,32). The van der Waals surface area contributed by atoms with Gasteiger partial charge < -0.3 is 34.6 Å². The molecule has 0 amide bonds. The lowest BCUT2D eigenvalue weighted by atomic mass is 10.2. The molecule has 1 saturated heterocycles. The SMILES string of the molecule is CCCCCCSc1nc(CNCCCN2CCN(C)CC2)cc(Nc2cc(OC)c(OC)c(OC)c2)n1. The number of piperazine rings is 1. The Morgan fingerprint density at radius 3 is 2.29 bits per heavy atom. The van der Waals surface area contributed by atoms with Crippen LogP contribution in [0.25, 0.3) is 0 Å². The van der Waals surface area contributed by atoms with Crippen molar-refractivity contribution >= 4 is 23.3 Å². The average molecular weight is 547 g/mol. The molecule has 212 valence electrons. The van der Waals surface area contributed by atoms with Gasteiger partial charge in [-0.1, -0.05) is 37.9 Å². The quantitative estimate of drug-likeness (QED) is 0.166. The molecule has 1 aromatic carbocycles. The number of likely N-dealkylation sites (N-methyl/N-ethyl adjacent to an activating group) is 1. The number of benzene rings is 1. The molecule has 38 heavy (non-hydrogen) atoms. The van der Waals surface area contributed by atoms with Gasteiger partial charge in [0.25, 0.3) is 0 Å². The molecule has 0 bridgehead atoms. The predicted octanol–water partition coefficient (Wildman–Crippen LogP) is 4.65. The van der Waals surface area contributed by atoms with Crippen molar-refractivity contribution in [3.05, 3.63) is 23.9 Å². The number of anilines is 2. The molecule has 0 aliphatic carbocycles. The molecule has 1 fully saturated rings. The van der Waals surface area contributed by atoms with E-state index in [-0.39, 0.29) is 0 Å². The highest BCUT2D eigenvalue weighted by atomic mass is 32.2. The number of unbranched alkanes of at least 4 members (excludes halogenated alkanes) is 3. The maximum Gasteiger partial charge on any atom is 0.203 e. The van der Waals surface area contributed by atoms with Crippen LogP contribution in [0.2, 0.25) is 0 Å². The van der Waals surface area contributed by atoms with Gasteiger partial charge in [0.2, 0.25) is 5.75 Å². The molecule has 9 nitrogen and oxygen atoms in total. The number of thioether (sulfide) groups is 1. The molecule has 1 aliphatic heterocycles. The third kappa shape index (κ3) is 9.80. The molecule has 2 aromatic rings. The Morgan fingerprint density at radius 1 is 0.895 bits per heavy atom. The molecule has 2 heterocycles. The Morgan fingerprint density at radius 2 is 1.63 bits per heavy atom. The van der Waals surface area contributed by atoms with E-state index < -0.39 is 0 Å². The third-order valence-electron chi connectivity index (χ3n) is 6.65. The van der Waals surface area contributed by atoms with Gasteiger partial charge in [0, 0.05) is 62.4 Å². The van der Waals surface area contributed by atoms with Gasteiger partial charge in [-0.25, -0.2) is 9.97 Å². The molecular formula is C28H46N6O3S. The maximum absolute atomic E-state index is 5.52. The number of ether oxygens (including phenoxy) is 3. The largest absolute Gasteiger partial charge is 0.493 e. The van der Waals surface area contributed by atoms with Gasteiger partial charge in [-0.05, 0) is 33.0 Å². The highest BCUT2D eigenvalue weighted by Crippen LogP contribution is 2.40. The molecule has 0 radical (unpaired) electrons. The second-order valence-electron chi connectivity index (χ2n) is 9.65. The summed E-state index contributed by atoms with van der Waals surface area (Å²) in [7, 11) is 7.04. The summed E-state index contributed by atoms with van der Waals surface area (Å²) in [6.07, 6.45) is 6.05. The topological polar surface area (TPSA) is 84.0 Å². The summed E-state index contributed by atoms with van der Waals surface area (Å²) in [6.45, 7) is 9.69. The van der Waals surface area contributed by atoms with Crippen LogP contribution in [-0.2, 0) is 6.54 Å². The van der Waals surface area contributed by atoms with Gasteiger partial charge >= 0.3 is 0 Å². The second-order valence-corrected chi connectivity index (χ2v) is 10.7. The van der Waals surface area contributed by atoms with E-state index in [1.807, 2.05) is 18.2 Å². The van der Waals surface area contributed by atoms with Gasteiger partial charge in [0.15, 0.2) is 16.7 Å². The van der Waals surface area contributed by atoms with Crippen molar-refractivity contribution in [2.75, 3.05) is 78.7 Å². The monoisotopic (exact) mass is 546 g/mol. The predicted molar refractivity (Wildman–Crippen MR) is 157 cm³/mol. The number of rotatable bonds is 17. The Hall–Kier alpha value is -2.27. The summed E-state index contributed by atoms with van der Waals surface area (Å²) in [6, 6.07) is 5.78. The number of nitrogens with one attached hydrogen (secondary N) is 2. The van der Waals surface area contributed by atoms with E-state index in [4.69, 9.17) is 24.2 Å². The van der Waals surface area contributed by atoms with Gasteiger partial charge in [0.05, 0.1) is 27.0 Å². The van der Waals surface area contributed by atoms with Crippen LogP contribution in [0.15, 0.2) is 23.4 Å². The molecule has 2 N–H and O–H groups in total. The first kappa shape index (κ1) is 30.3. The summed E-state index contributed by atoms with van der Waals surface area (Å²) in [4.78, 5) is 14.6. The fourth-order valence-corrected chi connectivity index (χ4v) is 5.28. The van der Waals surface area contributed by atoms with Crippen LogP contribution in [0.1, 0.15) is 44.7 Å². The minimum atomic E-state index is 0.563. The van der Waals surface area contributed by atoms with Crippen molar-refractivity contribution in [3.8, 4) is 17.2 Å². The van der Waals surface area contributed by atoms with Crippen LogP contribution in [0.3, 0.4) is 0 Å². The minimum Gasteiger partial charge on any atom is -0.493 e. The molecule has 0 atom stereocenters. The number of hydrogen-bond acceptors (Lipinski definition) is 10. The van der Waals surface area contributed by atoms with E-state index in [1.165, 1.54) is 25.7 Å². The zero-order chi connectivity index (χ0) is 27.2. The highest BCUT2D eigenvalue weighted by Gasteiger charge is 2.15. The number of nitrogens with zero attached hydrogens (tertiary/aromatic N) is 4. The van der Waals surface area contributed by atoms with E-state index in [1.54, 1.807) is 33.1 Å². The molecule has 0 spiro atoms. The van der Waals surface area contributed by atoms with Crippen LogP contribution >= 0.6 is 11.8 Å². The first-order valence-electron chi connectivity index (χ1n) is 13.8. The summed E-state index contributed by atoms with van der Waals surface area (Å²) in [5, 5.41) is 7.81. The lowest BCUT2D eigenvalue weighted by Crippen LogP contribution is -2.45. The molecule has 0 unspecified atom stereocenters. The van der Waals surface area contributed by atoms with Crippen molar-refractivity contribution in [2.24, 2.45) is 0 Å². The van der Waals surface area contributed by atoms with Crippen molar-refractivity contribution in [1.29, 1.82) is 0 Å². The summed E-state index contributed by atoms with van der Waals surface area (Å²) in [5.41, 5.74) is 1.79. The highest BCUT2D eigenvalue weighted by molar-refractivity contribution is 7.99. The summed E-state index contributed by atoms with van der Waals surface area (Å²) in [5.74, 6) is 3.52. The van der Waals surface area contributed by atoms with E-state index in [0.29, 0.717) is 23.8 Å². The molecule has 10 heteroatoms. The van der Waals surface area contributed by atoms with Gasteiger partial charge in [0.1, 0.15) is 5.82 Å². The van der Waals surface area contributed by atoms with Gasteiger partial charge in [-0.15, -0.1) is 0 Å². The third-order valence-corrected chi connectivity index (χ3v) is 7.59. The van der Waals surface area contributed by atoms with E-state index in [2.05, 4.69) is 34.4 Å².